The first kappa shape index (κ1) is 19.0. The van der Waals surface area contributed by atoms with Gasteiger partial charge in [-0.15, -0.1) is 11.3 Å². The van der Waals surface area contributed by atoms with E-state index in [2.05, 4.69) is 22.0 Å². The van der Waals surface area contributed by atoms with Crippen LogP contribution < -0.4 is 10.2 Å². The van der Waals surface area contributed by atoms with Gasteiger partial charge in [0.25, 0.3) is 0 Å². The van der Waals surface area contributed by atoms with Gasteiger partial charge in [0, 0.05) is 43.0 Å². The number of carbonyl (C=O) groups excluding carboxylic acids is 1. The molecule has 0 bridgehead atoms. The van der Waals surface area contributed by atoms with E-state index in [9.17, 15) is 4.79 Å². The van der Waals surface area contributed by atoms with Gasteiger partial charge in [0.2, 0.25) is 5.91 Å². The zero-order valence-corrected chi connectivity index (χ0v) is 18.6. The SMILES string of the molecule is CC(C(=O)NC1CC1)N1CCN(c2nc(C3CC3)nc3sc4c(c23)CCCC4)CC1. The van der Waals surface area contributed by atoms with Crippen LogP contribution in [0, 0.1) is 0 Å². The molecule has 3 heterocycles. The van der Waals surface area contributed by atoms with E-state index in [-0.39, 0.29) is 11.9 Å². The second-order valence-corrected chi connectivity index (χ2v) is 10.6. The zero-order chi connectivity index (χ0) is 20.2. The predicted molar refractivity (Wildman–Crippen MR) is 120 cm³/mol. The van der Waals surface area contributed by atoms with Crippen molar-refractivity contribution in [3.63, 3.8) is 0 Å². The Morgan fingerprint density at radius 1 is 1.07 bits per heavy atom. The lowest BCUT2D eigenvalue weighted by molar-refractivity contribution is -0.126. The number of hydrogen-bond acceptors (Lipinski definition) is 6. The van der Waals surface area contributed by atoms with Crippen molar-refractivity contribution >= 4 is 33.3 Å². The van der Waals surface area contributed by atoms with Crippen LogP contribution in [0.3, 0.4) is 0 Å². The summed E-state index contributed by atoms with van der Waals surface area (Å²) >= 11 is 1.92. The van der Waals surface area contributed by atoms with Crippen molar-refractivity contribution < 1.29 is 4.79 Å². The molecule has 3 fully saturated rings. The van der Waals surface area contributed by atoms with Crippen LogP contribution in [0.2, 0.25) is 0 Å². The van der Waals surface area contributed by atoms with E-state index in [0.29, 0.717) is 12.0 Å². The van der Waals surface area contributed by atoms with Crippen molar-refractivity contribution in [3.05, 3.63) is 16.3 Å². The number of aromatic nitrogens is 2. The number of carbonyl (C=O) groups is 1. The molecule has 6 nitrogen and oxygen atoms in total. The number of rotatable bonds is 5. The maximum Gasteiger partial charge on any atom is 0.237 e. The fraction of sp³-hybridized carbons (Fsp3) is 0.696. The molecule has 160 valence electrons. The zero-order valence-electron chi connectivity index (χ0n) is 17.8. The Morgan fingerprint density at radius 2 is 1.83 bits per heavy atom. The molecule has 1 atom stereocenters. The molecule has 6 rings (SSSR count). The van der Waals surface area contributed by atoms with Crippen molar-refractivity contribution in [2.45, 2.75) is 76.3 Å². The van der Waals surface area contributed by atoms with Gasteiger partial charge in [-0.1, -0.05) is 0 Å². The normalized spacial score (nSPS) is 23.4. The summed E-state index contributed by atoms with van der Waals surface area (Å²) in [6, 6.07) is 0.384. The van der Waals surface area contributed by atoms with E-state index in [0.717, 1.165) is 44.8 Å². The lowest BCUT2D eigenvalue weighted by Crippen LogP contribution is -2.54. The number of nitrogens with zero attached hydrogens (tertiary/aromatic N) is 4. The van der Waals surface area contributed by atoms with E-state index in [1.807, 2.05) is 11.3 Å². The van der Waals surface area contributed by atoms with Crippen LogP contribution in [0.4, 0.5) is 5.82 Å². The Labute approximate surface area is 182 Å². The molecule has 2 aromatic rings. The monoisotopic (exact) mass is 425 g/mol. The maximum absolute atomic E-state index is 12.5. The summed E-state index contributed by atoms with van der Waals surface area (Å²) in [4.78, 5) is 30.2. The molecule has 7 heteroatoms. The molecule has 1 N–H and O–H groups in total. The summed E-state index contributed by atoms with van der Waals surface area (Å²) in [5, 5.41) is 4.50. The Kier molecular flexibility index (Phi) is 4.71. The minimum absolute atomic E-state index is 0.0471. The van der Waals surface area contributed by atoms with Crippen LogP contribution in [0.5, 0.6) is 0 Å². The number of hydrogen-bond donors (Lipinski definition) is 1. The van der Waals surface area contributed by atoms with Gasteiger partial charge in [0.1, 0.15) is 16.5 Å². The number of thiophene rings is 1. The lowest BCUT2D eigenvalue weighted by Gasteiger charge is -2.38. The van der Waals surface area contributed by atoms with Crippen molar-refractivity contribution in [3.8, 4) is 0 Å². The second kappa shape index (κ2) is 7.45. The van der Waals surface area contributed by atoms with Crippen molar-refractivity contribution in [1.82, 2.24) is 20.2 Å². The van der Waals surface area contributed by atoms with Crippen LogP contribution in [0.1, 0.15) is 67.6 Å². The molecule has 0 aromatic carbocycles. The fourth-order valence-electron chi connectivity index (χ4n) is 4.94. The van der Waals surface area contributed by atoms with Gasteiger partial charge in [-0.2, -0.15) is 0 Å². The van der Waals surface area contributed by atoms with Crippen molar-refractivity contribution in [2.24, 2.45) is 0 Å². The van der Waals surface area contributed by atoms with Crippen molar-refractivity contribution in [2.75, 3.05) is 31.1 Å². The smallest absolute Gasteiger partial charge is 0.237 e. The Bertz CT molecular complexity index is 972. The summed E-state index contributed by atoms with van der Waals surface area (Å²) < 4.78 is 0. The third-order valence-corrected chi connectivity index (χ3v) is 8.41. The summed E-state index contributed by atoms with van der Waals surface area (Å²) in [6.07, 6.45) is 9.72. The van der Waals surface area contributed by atoms with Gasteiger partial charge in [-0.25, -0.2) is 9.97 Å². The standard InChI is InChI=1S/C23H31N5OS/c1-14(22(29)24-16-8-9-16)27-10-12-28(13-11-27)21-19-17-4-2-3-5-18(17)30-23(19)26-20(25-21)15-6-7-15/h14-16H,2-13H2,1H3,(H,24,29). The highest BCUT2D eigenvalue weighted by Gasteiger charge is 2.33. The van der Waals surface area contributed by atoms with Gasteiger partial charge in [-0.3, -0.25) is 9.69 Å². The van der Waals surface area contributed by atoms with Gasteiger partial charge in [0.15, 0.2) is 0 Å². The van der Waals surface area contributed by atoms with E-state index < -0.39 is 0 Å². The number of amides is 1. The van der Waals surface area contributed by atoms with E-state index in [1.54, 1.807) is 4.88 Å². The Balaban J connectivity index is 1.25. The highest BCUT2D eigenvalue weighted by atomic mass is 32.1. The minimum atomic E-state index is -0.0471. The molecule has 4 aliphatic rings. The predicted octanol–water partition coefficient (Wildman–Crippen LogP) is 3.24. The highest BCUT2D eigenvalue weighted by molar-refractivity contribution is 7.19. The molecule has 1 amide bonds. The summed E-state index contributed by atoms with van der Waals surface area (Å²) in [7, 11) is 0. The molecule has 30 heavy (non-hydrogen) atoms. The molecule has 0 spiro atoms. The summed E-state index contributed by atoms with van der Waals surface area (Å²) in [6.45, 7) is 5.74. The number of anilines is 1. The first-order valence-corrected chi connectivity index (χ1v) is 12.6. The highest BCUT2D eigenvalue weighted by Crippen LogP contribution is 2.44. The van der Waals surface area contributed by atoms with E-state index in [1.165, 1.54) is 60.1 Å². The average molecular weight is 426 g/mol. The molecule has 1 aliphatic heterocycles. The number of nitrogens with one attached hydrogen (secondary N) is 1. The molecule has 0 radical (unpaired) electrons. The third kappa shape index (κ3) is 3.50. The first-order valence-electron chi connectivity index (χ1n) is 11.8. The van der Waals surface area contributed by atoms with Crippen LogP contribution in [-0.4, -0.2) is 59.0 Å². The molecule has 2 saturated carbocycles. The fourth-order valence-corrected chi connectivity index (χ4v) is 6.21. The molecular formula is C23H31N5OS. The van der Waals surface area contributed by atoms with Crippen LogP contribution in [-0.2, 0) is 17.6 Å². The largest absolute Gasteiger partial charge is 0.353 e. The third-order valence-electron chi connectivity index (χ3n) is 7.22. The summed E-state index contributed by atoms with van der Waals surface area (Å²) in [5.74, 6) is 3.00. The lowest BCUT2D eigenvalue weighted by atomic mass is 9.96. The number of piperazine rings is 1. The molecule has 1 saturated heterocycles. The Morgan fingerprint density at radius 3 is 2.57 bits per heavy atom. The second-order valence-electron chi connectivity index (χ2n) is 9.55. The molecular weight excluding hydrogens is 394 g/mol. The van der Waals surface area contributed by atoms with Crippen LogP contribution in [0.15, 0.2) is 0 Å². The van der Waals surface area contributed by atoms with E-state index in [4.69, 9.17) is 9.97 Å². The van der Waals surface area contributed by atoms with Gasteiger partial charge in [0.05, 0.1) is 11.4 Å². The van der Waals surface area contributed by atoms with Gasteiger partial charge >= 0.3 is 0 Å². The summed E-state index contributed by atoms with van der Waals surface area (Å²) in [5.41, 5.74) is 1.53. The maximum atomic E-state index is 12.5. The quantitative estimate of drug-likeness (QED) is 0.797. The van der Waals surface area contributed by atoms with E-state index >= 15 is 0 Å². The van der Waals surface area contributed by atoms with Gasteiger partial charge < -0.3 is 10.2 Å². The van der Waals surface area contributed by atoms with Crippen molar-refractivity contribution in [1.29, 1.82) is 0 Å². The average Bonchev–Trinajstić information content (AvgIpc) is 3.70. The molecule has 2 aromatic heterocycles. The topological polar surface area (TPSA) is 61.4 Å². The minimum Gasteiger partial charge on any atom is -0.353 e. The molecule has 3 aliphatic carbocycles. The van der Waals surface area contributed by atoms with Crippen LogP contribution in [0.25, 0.3) is 10.2 Å². The van der Waals surface area contributed by atoms with Crippen LogP contribution >= 0.6 is 11.3 Å². The molecule has 1 unspecified atom stereocenters. The van der Waals surface area contributed by atoms with Gasteiger partial charge in [-0.05, 0) is 63.9 Å². The first-order chi connectivity index (χ1) is 14.7. The Hall–Kier alpha value is -1.73. The number of fused-ring (bicyclic) bond motifs is 3. The number of aryl methyl sites for hydroxylation is 2.